The van der Waals surface area contributed by atoms with Crippen LogP contribution in [0.3, 0.4) is 0 Å². The predicted octanol–water partition coefficient (Wildman–Crippen LogP) is 2.86. The van der Waals surface area contributed by atoms with Gasteiger partial charge in [-0.15, -0.1) is 0 Å². The number of methoxy groups -OCH3 is 2. The molecule has 2 fully saturated rings. The lowest BCUT2D eigenvalue weighted by Crippen LogP contribution is -2.57. The zero-order chi connectivity index (χ0) is 19.9. The molecule has 3 aliphatic rings. The van der Waals surface area contributed by atoms with E-state index in [2.05, 4.69) is 17.1 Å². The van der Waals surface area contributed by atoms with Crippen LogP contribution in [0.1, 0.15) is 36.5 Å². The van der Waals surface area contributed by atoms with Crippen LogP contribution in [0.25, 0.3) is 0 Å². The van der Waals surface area contributed by atoms with E-state index in [1.165, 1.54) is 13.4 Å². The van der Waals surface area contributed by atoms with Gasteiger partial charge in [-0.25, -0.2) is 4.79 Å². The summed E-state index contributed by atoms with van der Waals surface area (Å²) in [5.41, 5.74) is 1.67. The molecule has 1 aromatic rings. The van der Waals surface area contributed by atoms with Crippen LogP contribution in [-0.4, -0.2) is 55.5 Å². The summed E-state index contributed by atoms with van der Waals surface area (Å²) >= 11 is 0. The highest BCUT2D eigenvalue weighted by Gasteiger charge is 2.59. The Morgan fingerprint density at radius 2 is 2.14 bits per heavy atom. The standard InChI is InChI=1S/C22H28N2O4/c1-4-14-12-24-10-9-22(20(25)15-7-5-6-8-18(15)23-22)19(24)11-16(14)17(13-27-2)21(26)28-3/h5-8,13-14,16,19,23H,4,9-12H2,1-3H3/t14-,16-,19-,22-/m1/s1. The lowest BCUT2D eigenvalue weighted by atomic mass is 9.72. The molecule has 0 saturated carbocycles. The third-order valence-electron chi connectivity index (χ3n) is 6.84. The van der Waals surface area contributed by atoms with Gasteiger partial charge in [0.05, 0.1) is 26.1 Å². The fourth-order valence-corrected chi connectivity index (χ4v) is 5.45. The van der Waals surface area contributed by atoms with E-state index in [4.69, 9.17) is 9.47 Å². The Balaban J connectivity index is 1.68. The second-order valence-corrected chi connectivity index (χ2v) is 8.04. The Kier molecular flexibility index (Phi) is 4.91. The van der Waals surface area contributed by atoms with Crippen molar-refractivity contribution in [1.29, 1.82) is 0 Å². The van der Waals surface area contributed by atoms with E-state index in [-0.39, 0.29) is 23.7 Å². The van der Waals surface area contributed by atoms with Gasteiger partial charge in [0.15, 0.2) is 5.78 Å². The summed E-state index contributed by atoms with van der Waals surface area (Å²) in [6.45, 7) is 3.92. The van der Waals surface area contributed by atoms with Gasteiger partial charge in [0.1, 0.15) is 5.54 Å². The molecule has 6 nitrogen and oxygen atoms in total. The average molecular weight is 384 g/mol. The zero-order valence-corrected chi connectivity index (χ0v) is 16.7. The lowest BCUT2D eigenvalue weighted by Gasteiger charge is -2.45. The topological polar surface area (TPSA) is 67.9 Å². The molecule has 150 valence electrons. The van der Waals surface area contributed by atoms with Crippen molar-refractivity contribution in [3.05, 3.63) is 41.7 Å². The number of hydrogen-bond donors (Lipinski definition) is 1. The number of benzene rings is 1. The number of carbonyl (C=O) groups excluding carboxylic acids is 2. The summed E-state index contributed by atoms with van der Waals surface area (Å²) in [6, 6.07) is 7.80. The van der Waals surface area contributed by atoms with Crippen molar-refractivity contribution in [3.8, 4) is 0 Å². The number of nitrogens with one attached hydrogen (secondary N) is 1. The first-order chi connectivity index (χ1) is 13.6. The number of fused-ring (bicyclic) bond motifs is 3. The molecule has 3 heterocycles. The number of ether oxygens (including phenoxy) is 2. The molecule has 0 radical (unpaired) electrons. The first kappa shape index (κ1) is 19.0. The van der Waals surface area contributed by atoms with Gasteiger partial charge >= 0.3 is 5.97 Å². The van der Waals surface area contributed by atoms with Crippen LogP contribution in [0.4, 0.5) is 5.69 Å². The molecule has 0 aromatic heterocycles. The molecule has 1 spiro atoms. The maximum Gasteiger partial charge on any atom is 0.337 e. The van der Waals surface area contributed by atoms with Crippen LogP contribution in [0.5, 0.6) is 0 Å². The van der Waals surface area contributed by atoms with Gasteiger partial charge in [-0.05, 0) is 36.8 Å². The first-order valence-electron chi connectivity index (χ1n) is 10.0. The van der Waals surface area contributed by atoms with Crippen molar-refractivity contribution in [2.24, 2.45) is 11.8 Å². The van der Waals surface area contributed by atoms with Crippen molar-refractivity contribution in [3.63, 3.8) is 0 Å². The van der Waals surface area contributed by atoms with Crippen LogP contribution in [0, 0.1) is 11.8 Å². The summed E-state index contributed by atoms with van der Waals surface area (Å²) in [5, 5.41) is 3.57. The molecule has 6 heteroatoms. The number of nitrogens with zero attached hydrogens (tertiary/aromatic N) is 1. The fraction of sp³-hybridized carbons (Fsp3) is 0.545. The van der Waals surface area contributed by atoms with Crippen LogP contribution in [0.15, 0.2) is 36.1 Å². The van der Waals surface area contributed by atoms with Crippen molar-refractivity contribution < 1.29 is 19.1 Å². The highest BCUT2D eigenvalue weighted by Crippen LogP contribution is 2.48. The van der Waals surface area contributed by atoms with Gasteiger partial charge in [0.25, 0.3) is 0 Å². The number of para-hydroxylation sites is 1. The summed E-state index contributed by atoms with van der Waals surface area (Å²) in [4.78, 5) is 28.3. The average Bonchev–Trinajstić information content (AvgIpc) is 3.23. The van der Waals surface area contributed by atoms with Crippen molar-refractivity contribution in [1.82, 2.24) is 4.90 Å². The molecule has 2 saturated heterocycles. The Labute approximate surface area is 165 Å². The maximum atomic E-state index is 13.4. The summed E-state index contributed by atoms with van der Waals surface area (Å²) in [7, 11) is 2.95. The van der Waals surface area contributed by atoms with Gasteiger partial charge in [0, 0.05) is 30.4 Å². The minimum absolute atomic E-state index is 0.00642. The van der Waals surface area contributed by atoms with Gasteiger partial charge in [-0.3, -0.25) is 9.69 Å². The second kappa shape index (κ2) is 7.24. The minimum Gasteiger partial charge on any atom is -0.504 e. The quantitative estimate of drug-likeness (QED) is 0.489. The molecular formula is C22H28N2O4. The first-order valence-corrected chi connectivity index (χ1v) is 10.0. The smallest absolute Gasteiger partial charge is 0.337 e. The lowest BCUT2D eigenvalue weighted by molar-refractivity contribution is -0.137. The Hall–Kier alpha value is -2.34. The number of hydrogen-bond acceptors (Lipinski definition) is 6. The number of rotatable bonds is 4. The fourth-order valence-electron chi connectivity index (χ4n) is 5.45. The van der Waals surface area contributed by atoms with E-state index >= 15 is 0 Å². The highest BCUT2D eigenvalue weighted by molar-refractivity contribution is 6.14. The normalized spacial score (nSPS) is 32.0. The zero-order valence-electron chi connectivity index (χ0n) is 16.7. The van der Waals surface area contributed by atoms with Gasteiger partial charge < -0.3 is 14.8 Å². The number of esters is 1. The van der Waals surface area contributed by atoms with Gasteiger partial charge in [-0.1, -0.05) is 25.5 Å². The van der Waals surface area contributed by atoms with Gasteiger partial charge in [-0.2, -0.15) is 0 Å². The molecule has 28 heavy (non-hydrogen) atoms. The number of Topliss-reactive ketones (excluding diaryl/α,β-unsaturated/α-hetero) is 1. The monoisotopic (exact) mass is 384 g/mol. The highest BCUT2D eigenvalue weighted by atomic mass is 16.5. The molecule has 1 N–H and O–H groups in total. The van der Waals surface area contributed by atoms with E-state index in [1.807, 2.05) is 24.3 Å². The van der Waals surface area contributed by atoms with E-state index in [0.29, 0.717) is 11.5 Å². The molecule has 0 bridgehead atoms. The minimum atomic E-state index is -0.602. The van der Waals surface area contributed by atoms with Crippen LogP contribution >= 0.6 is 0 Å². The number of piperidine rings is 1. The SMILES string of the molecule is CC[C@@H]1CN2CC[C@@]3(Nc4ccccc4C3=O)[C@H]2C[C@H]1C(=COC)C(=O)OC. The summed E-state index contributed by atoms with van der Waals surface area (Å²) in [5.74, 6) is 0.164. The Morgan fingerprint density at radius 1 is 1.36 bits per heavy atom. The summed E-state index contributed by atoms with van der Waals surface area (Å²) < 4.78 is 10.2. The third kappa shape index (κ3) is 2.73. The molecule has 3 aliphatic heterocycles. The van der Waals surface area contributed by atoms with E-state index in [1.54, 1.807) is 7.11 Å². The summed E-state index contributed by atoms with van der Waals surface area (Å²) in [6.07, 6.45) is 4.00. The van der Waals surface area contributed by atoms with Crippen LogP contribution < -0.4 is 5.32 Å². The Bertz CT molecular complexity index is 821. The molecule has 0 unspecified atom stereocenters. The predicted molar refractivity (Wildman–Crippen MR) is 106 cm³/mol. The number of anilines is 1. The molecule has 4 rings (SSSR count). The van der Waals surface area contributed by atoms with Gasteiger partial charge in [0.2, 0.25) is 0 Å². The maximum absolute atomic E-state index is 13.4. The van der Waals surface area contributed by atoms with E-state index in [9.17, 15) is 9.59 Å². The second-order valence-electron chi connectivity index (χ2n) is 8.04. The van der Waals surface area contributed by atoms with Crippen molar-refractivity contribution in [2.75, 3.05) is 32.6 Å². The van der Waals surface area contributed by atoms with Crippen LogP contribution in [-0.2, 0) is 14.3 Å². The van der Waals surface area contributed by atoms with E-state index in [0.717, 1.165) is 43.6 Å². The molecule has 1 aromatic carbocycles. The van der Waals surface area contributed by atoms with E-state index < -0.39 is 5.54 Å². The van der Waals surface area contributed by atoms with Crippen LogP contribution in [0.2, 0.25) is 0 Å². The third-order valence-corrected chi connectivity index (χ3v) is 6.84. The number of ketones is 1. The van der Waals surface area contributed by atoms with Crippen molar-refractivity contribution >= 4 is 17.4 Å². The Morgan fingerprint density at radius 3 is 2.82 bits per heavy atom. The molecule has 4 atom stereocenters. The number of carbonyl (C=O) groups is 2. The van der Waals surface area contributed by atoms with Crippen molar-refractivity contribution in [2.45, 2.75) is 37.8 Å². The molecular weight excluding hydrogens is 356 g/mol. The largest absolute Gasteiger partial charge is 0.504 e. The molecule has 0 aliphatic carbocycles. The molecule has 0 amide bonds.